The molecule has 7 nitrogen and oxygen atoms in total. The van der Waals surface area contributed by atoms with E-state index in [1.165, 1.54) is 0 Å². The highest BCUT2D eigenvalue weighted by atomic mass is 32.2. The van der Waals surface area contributed by atoms with E-state index >= 15 is 0 Å². The van der Waals surface area contributed by atoms with Crippen LogP contribution < -0.4 is 15.4 Å². The molecule has 0 saturated carbocycles. The highest BCUT2D eigenvalue weighted by molar-refractivity contribution is 7.94. The van der Waals surface area contributed by atoms with Crippen LogP contribution in [0.2, 0.25) is 0 Å². The zero-order valence-electron chi connectivity index (χ0n) is 10.4. The third-order valence-corrected chi connectivity index (χ3v) is 4.77. The lowest BCUT2D eigenvalue weighted by molar-refractivity contribution is 0.599. The lowest BCUT2D eigenvalue weighted by Gasteiger charge is -2.13. The molecule has 0 atom stereocenters. The van der Waals surface area contributed by atoms with Crippen molar-refractivity contribution in [2.45, 2.75) is 4.34 Å². The summed E-state index contributed by atoms with van der Waals surface area (Å²) in [6.07, 6.45) is 0. The van der Waals surface area contributed by atoms with Crippen molar-refractivity contribution in [2.75, 3.05) is 29.5 Å². The van der Waals surface area contributed by atoms with E-state index < -0.39 is 10.0 Å². The summed E-state index contributed by atoms with van der Waals surface area (Å²) in [6.45, 7) is 0. The molecule has 2 aromatic rings. The van der Waals surface area contributed by atoms with E-state index in [-0.39, 0.29) is 9.47 Å². The van der Waals surface area contributed by atoms with Crippen LogP contribution in [0.3, 0.4) is 0 Å². The van der Waals surface area contributed by atoms with Crippen LogP contribution in [0.15, 0.2) is 28.6 Å². The summed E-state index contributed by atoms with van der Waals surface area (Å²) in [5, 5.41) is 7.13. The number of rotatable bonds is 4. The minimum Gasteiger partial charge on any atom is -0.378 e. The third-order valence-electron chi connectivity index (χ3n) is 2.27. The molecule has 1 heterocycles. The number of sulfonamides is 1. The largest absolute Gasteiger partial charge is 0.378 e. The van der Waals surface area contributed by atoms with Gasteiger partial charge in [-0.2, -0.15) is 8.42 Å². The van der Waals surface area contributed by atoms with Crippen molar-refractivity contribution in [3.05, 3.63) is 24.3 Å². The number of hydrogen-bond donors (Lipinski definition) is 2. The van der Waals surface area contributed by atoms with Gasteiger partial charge in [-0.25, -0.2) is 0 Å². The van der Waals surface area contributed by atoms with Crippen LogP contribution in [-0.4, -0.2) is 32.7 Å². The summed E-state index contributed by atoms with van der Waals surface area (Å²) in [6, 6.07) is 7.03. The molecule has 0 aliphatic heterocycles. The fourth-order valence-electron chi connectivity index (χ4n) is 1.38. The Bertz CT molecular complexity index is 681. The number of aromatic nitrogens is 2. The minimum atomic E-state index is -3.74. The van der Waals surface area contributed by atoms with E-state index in [9.17, 15) is 8.42 Å². The van der Waals surface area contributed by atoms with Gasteiger partial charge in [0, 0.05) is 19.8 Å². The Hall–Kier alpha value is -1.87. The molecule has 3 N–H and O–H groups in total. The lowest BCUT2D eigenvalue weighted by Crippen LogP contribution is -2.14. The second kappa shape index (κ2) is 5.02. The maximum Gasteiger partial charge on any atom is 0.291 e. The highest BCUT2D eigenvalue weighted by Gasteiger charge is 2.19. The Labute approximate surface area is 115 Å². The van der Waals surface area contributed by atoms with E-state index in [0.717, 1.165) is 17.0 Å². The Balaban J connectivity index is 2.28. The normalized spacial score (nSPS) is 11.3. The summed E-state index contributed by atoms with van der Waals surface area (Å²) in [4.78, 5) is 1.88. The molecule has 2 rings (SSSR count). The van der Waals surface area contributed by atoms with Crippen LogP contribution >= 0.6 is 11.3 Å². The number of nitrogens with two attached hydrogens (primary N) is 1. The number of hydrogen-bond acceptors (Lipinski definition) is 7. The molecule has 0 saturated heterocycles. The quantitative estimate of drug-likeness (QED) is 0.873. The molecule has 9 heteroatoms. The van der Waals surface area contributed by atoms with Crippen molar-refractivity contribution in [3.8, 4) is 0 Å². The molecule has 0 fully saturated rings. The molecule has 0 aliphatic rings. The summed E-state index contributed by atoms with van der Waals surface area (Å²) < 4.78 is 26.3. The van der Waals surface area contributed by atoms with Gasteiger partial charge in [-0.15, -0.1) is 10.2 Å². The van der Waals surface area contributed by atoms with Crippen LogP contribution in [-0.2, 0) is 10.0 Å². The molecular formula is C10H13N5O2S2. The van der Waals surface area contributed by atoms with E-state index in [1.54, 1.807) is 18.2 Å². The monoisotopic (exact) mass is 299 g/mol. The minimum absolute atomic E-state index is 0.113. The maximum atomic E-state index is 12.0. The first-order valence-corrected chi connectivity index (χ1v) is 7.57. The predicted molar refractivity (Wildman–Crippen MR) is 75.9 cm³/mol. The third kappa shape index (κ3) is 3.12. The molecule has 102 valence electrons. The second-order valence-corrected chi connectivity index (χ2v) is 6.82. The molecule has 19 heavy (non-hydrogen) atoms. The van der Waals surface area contributed by atoms with Gasteiger partial charge in [0.15, 0.2) is 0 Å². The smallest absolute Gasteiger partial charge is 0.291 e. The van der Waals surface area contributed by atoms with E-state index in [1.807, 2.05) is 25.1 Å². The van der Waals surface area contributed by atoms with Gasteiger partial charge in [0.2, 0.25) is 5.13 Å². The summed E-state index contributed by atoms with van der Waals surface area (Å²) >= 11 is 0.819. The van der Waals surface area contributed by atoms with E-state index in [0.29, 0.717) is 5.69 Å². The zero-order valence-corrected chi connectivity index (χ0v) is 12.0. The van der Waals surface area contributed by atoms with Gasteiger partial charge in [0.25, 0.3) is 14.4 Å². The van der Waals surface area contributed by atoms with Crippen LogP contribution in [0, 0.1) is 0 Å². The highest BCUT2D eigenvalue weighted by Crippen LogP contribution is 2.23. The first-order valence-electron chi connectivity index (χ1n) is 5.28. The van der Waals surface area contributed by atoms with Gasteiger partial charge in [-0.1, -0.05) is 17.4 Å². The van der Waals surface area contributed by atoms with Gasteiger partial charge in [0.1, 0.15) is 0 Å². The molecule has 1 aromatic carbocycles. The van der Waals surface area contributed by atoms with Crippen molar-refractivity contribution >= 4 is 37.9 Å². The van der Waals surface area contributed by atoms with Crippen molar-refractivity contribution in [1.29, 1.82) is 0 Å². The predicted octanol–water partition coefficient (Wildman–Crippen LogP) is 0.987. The Morgan fingerprint density at radius 2 is 2.05 bits per heavy atom. The van der Waals surface area contributed by atoms with E-state index in [2.05, 4.69) is 14.9 Å². The van der Waals surface area contributed by atoms with Crippen molar-refractivity contribution in [3.63, 3.8) is 0 Å². The summed E-state index contributed by atoms with van der Waals surface area (Å²) in [5.41, 5.74) is 6.72. The molecule has 0 amide bonds. The standard InChI is InChI=1S/C10H13N5O2S2/c1-15(2)8-5-3-4-7(6-8)14-19(16,17)10-13-12-9(11)18-10/h3-6,14H,1-2H3,(H2,11,12). The number of nitrogens with one attached hydrogen (secondary N) is 1. The molecule has 1 aromatic heterocycles. The summed E-state index contributed by atoms with van der Waals surface area (Å²) in [5.74, 6) is 0. The topological polar surface area (TPSA) is 101 Å². The van der Waals surface area contributed by atoms with Crippen LogP contribution in [0.1, 0.15) is 0 Å². The molecule has 0 aliphatic carbocycles. The van der Waals surface area contributed by atoms with E-state index in [4.69, 9.17) is 5.73 Å². The lowest BCUT2D eigenvalue weighted by atomic mass is 10.3. The SMILES string of the molecule is CN(C)c1cccc(NS(=O)(=O)c2nnc(N)s2)c1. The molecule has 0 spiro atoms. The van der Waals surface area contributed by atoms with Crippen LogP contribution in [0.25, 0.3) is 0 Å². The second-order valence-electron chi connectivity index (χ2n) is 3.96. The molecule has 0 bridgehead atoms. The Morgan fingerprint density at radius 3 is 2.63 bits per heavy atom. The number of nitrogen functional groups attached to an aromatic ring is 1. The molecular weight excluding hydrogens is 286 g/mol. The van der Waals surface area contributed by atoms with Crippen LogP contribution in [0.5, 0.6) is 0 Å². The first kappa shape index (κ1) is 13.6. The summed E-state index contributed by atoms with van der Waals surface area (Å²) in [7, 11) is 0.00956. The van der Waals surface area contributed by atoms with Gasteiger partial charge in [0.05, 0.1) is 5.69 Å². The Morgan fingerprint density at radius 1 is 1.32 bits per heavy atom. The average molecular weight is 299 g/mol. The first-order chi connectivity index (χ1) is 8.88. The maximum absolute atomic E-state index is 12.0. The van der Waals surface area contributed by atoms with Crippen molar-refractivity contribution < 1.29 is 8.42 Å². The van der Waals surface area contributed by atoms with Crippen LogP contribution in [0.4, 0.5) is 16.5 Å². The molecule has 0 unspecified atom stereocenters. The van der Waals surface area contributed by atoms with Gasteiger partial charge >= 0.3 is 0 Å². The zero-order chi connectivity index (χ0) is 14.0. The number of benzene rings is 1. The number of anilines is 3. The molecule has 0 radical (unpaired) electrons. The van der Waals surface area contributed by atoms with Crippen molar-refractivity contribution in [1.82, 2.24) is 10.2 Å². The van der Waals surface area contributed by atoms with Gasteiger partial charge in [-0.3, -0.25) is 4.72 Å². The fourth-order valence-corrected chi connectivity index (χ4v) is 3.21. The fraction of sp³-hybridized carbons (Fsp3) is 0.200. The Kier molecular flexibility index (Phi) is 3.58. The van der Waals surface area contributed by atoms with Gasteiger partial charge < -0.3 is 10.6 Å². The average Bonchev–Trinajstić information content (AvgIpc) is 2.76. The number of nitrogens with zero attached hydrogens (tertiary/aromatic N) is 3. The van der Waals surface area contributed by atoms with Gasteiger partial charge in [-0.05, 0) is 18.2 Å². The van der Waals surface area contributed by atoms with Crippen molar-refractivity contribution in [2.24, 2.45) is 0 Å².